The SMILES string of the molecule is CC(CF)NC1CCC1F.Cl. The first-order valence-electron chi connectivity index (χ1n) is 3.70. The summed E-state index contributed by atoms with van der Waals surface area (Å²) in [5.74, 6) is 0. The van der Waals surface area contributed by atoms with Gasteiger partial charge in [-0.3, -0.25) is 0 Å². The monoisotopic (exact) mass is 185 g/mol. The Balaban J connectivity index is 0.000001000. The Labute approximate surface area is 72.0 Å². The predicted molar refractivity (Wildman–Crippen MR) is 43.7 cm³/mol. The lowest BCUT2D eigenvalue weighted by atomic mass is 9.90. The summed E-state index contributed by atoms with van der Waals surface area (Å²) in [6.07, 6.45) is 0.747. The van der Waals surface area contributed by atoms with E-state index < -0.39 is 12.8 Å². The van der Waals surface area contributed by atoms with Gasteiger partial charge in [0, 0.05) is 12.1 Å². The van der Waals surface area contributed by atoms with E-state index >= 15 is 0 Å². The van der Waals surface area contributed by atoms with Crippen molar-refractivity contribution in [3.05, 3.63) is 0 Å². The molecule has 1 aliphatic rings. The van der Waals surface area contributed by atoms with Gasteiger partial charge in [-0.1, -0.05) is 0 Å². The number of hydrogen-bond acceptors (Lipinski definition) is 1. The van der Waals surface area contributed by atoms with Gasteiger partial charge in [-0.25, -0.2) is 8.78 Å². The first-order chi connectivity index (χ1) is 4.74. The third-order valence-corrected chi connectivity index (χ3v) is 1.92. The van der Waals surface area contributed by atoms with Crippen molar-refractivity contribution in [2.24, 2.45) is 0 Å². The van der Waals surface area contributed by atoms with Gasteiger partial charge in [0.25, 0.3) is 0 Å². The van der Waals surface area contributed by atoms with E-state index in [2.05, 4.69) is 5.32 Å². The molecule has 1 N–H and O–H groups in total. The average molecular weight is 186 g/mol. The van der Waals surface area contributed by atoms with Crippen LogP contribution < -0.4 is 5.32 Å². The Hall–Kier alpha value is 0.110. The standard InChI is InChI=1S/C7H13F2N.ClH/c1-5(4-8)10-7-3-2-6(7)9;/h5-7,10H,2-4H2,1H3;1H. The van der Waals surface area contributed by atoms with E-state index in [4.69, 9.17) is 0 Å². The molecule has 0 aromatic heterocycles. The molecule has 1 fully saturated rings. The van der Waals surface area contributed by atoms with Crippen LogP contribution in [0.5, 0.6) is 0 Å². The van der Waals surface area contributed by atoms with Crippen LogP contribution in [0, 0.1) is 0 Å². The zero-order valence-corrected chi connectivity index (χ0v) is 7.33. The highest BCUT2D eigenvalue weighted by molar-refractivity contribution is 5.85. The van der Waals surface area contributed by atoms with Crippen molar-refractivity contribution in [1.29, 1.82) is 0 Å². The molecule has 11 heavy (non-hydrogen) atoms. The summed E-state index contributed by atoms with van der Waals surface area (Å²) in [4.78, 5) is 0. The van der Waals surface area contributed by atoms with E-state index in [-0.39, 0.29) is 24.5 Å². The van der Waals surface area contributed by atoms with Crippen molar-refractivity contribution in [2.75, 3.05) is 6.67 Å². The van der Waals surface area contributed by atoms with E-state index in [9.17, 15) is 8.78 Å². The van der Waals surface area contributed by atoms with E-state index in [0.717, 1.165) is 6.42 Å². The number of halogens is 3. The van der Waals surface area contributed by atoms with Crippen LogP contribution in [-0.4, -0.2) is 24.9 Å². The fraction of sp³-hybridized carbons (Fsp3) is 1.00. The topological polar surface area (TPSA) is 12.0 Å². The van der Waals surface area contributed by atoms with Crippen LogP contribution >= 0.6 is 12.4 Å². The molecule has 1 rings (SSSR count). The highest BCUT2D eigenvalue weighted by Crippen LogP contribution is 2.23. The summed E-state index contributed by atoms with van der Waals surface area (Å²) >= 11 is 0. The van der Waals surface area contributed by atoms with Gasteiger partial charge in [0.1, 0.15) is 12.8 Å². The molecule has 0 aromatic carbocycles. The molecule has 0 aromatic rings. The second-order valence-electron chi connectivity index (χ2n) is 2.92. The lowest BCUT2D eigenvalue weighted by Gasteiger charge is -2.33. The summed E-state index contributed by atoms with van der Waals surface area (Å²) < 4.78 is 24.3. The first-order valence-corrected chi connectivity index (χ1v) is 3.70. The molecule has 0 amide bonds. The second-order valence-corrected chi connectivity index (χ2v) is 2.92. The van der Waals surface area contributed by atoms with Gasteiger partial charge in [-0.15, -0.1) is 12.4 Å². The summed E-state index contributed by atoms with van der Waals surface area (Å²) in [5.41, 5.74) is 0. The zero-order chi connectivity index (χ0) is 7.56. The molecule has 0 saturated heterocycles. The lowest BCUT2D eigenvalue weighted by Crippen LogP contribution is -2.49. The summed E-state index contributed by atoms with van der Waals surface area (Å²) in [6.45, 7) is 1.31. The lowest BCUT2D eigenvalue weighted by molar-refractivity contribution is 0.129. The molecule has 0 heterocycles. The average Bonchev–Trinajstić information content (AvgIpc) is 1.96. The van der Waals surface area contributed by atoms with Crippen molar-refractivity contribution < 1.29 is 8.78 Å². The Kier molecular flexibility index (Phi) is 4.93. The highest BCUT2D eigenvalue weighted by atomic mass is 35.5. The molecule has 0 spiro atoms. The van der Waals surface area contributed by atoms with Crippen molar-refractivity contribution in [2.45, 2.75) is 38.0 Å². The van der Waals surface area contributed by atoms with E-state index in [0.29, 0.717) is 6.42 Å². The second kappa shape index (κ2) is 4.88. The number of rotatable bonds is 3. The van der Waals surface area contributed by atoms with E-state index in [1.165, 1.54) is 0 Å². The highest BCUT2D eigenvalue weighted by Gasteiger charge is 2.31. The minimum atomic E-state index is -0.742. The minimum Gasteiger partial charge on any atom is -0.306 e. The smallest absolute Gasteiger partial charge is 0.115 e. The third kappa shape index (κ3) is 2.91. The van der Waals surface area contributed by atoms with E-state index in [1.54, 1.807) is 6.92 Å². The fourth-order valence-corrected chi connectivity index (χ4v) is 1.06. The maximum Gasteiger partial charge on any atom is 0.115 e. The number of hydrogen-bond donors (Lipinski definition) is 1. The predicted octanol–water partition coefficient (Wildman–Crippen LogP) is 1.86. The van der Waals surface area contributed by atoms with Crippen LogP contribution in [0.4, 0.5) is 8.78 Å². The summed E-state index contributed by atoms with van der Waals surface area (Å²) in [6, 6.07) is -0.269. The summed E-state index contributed by atoms with van der Waals surface area (Å²) in [7, 11) is 0. The van der Waals surface area contributed by atoms with Crippen LogP contribution in [0.15, 0.2) is 0 Å². The molecule has 68 valence electrons. The molecular formula is C7H14ClF2N. The largest absolute Gasteiger partial charge is 0.306 e. The van der Waals surface area contributed by atoms with Crippen LogP contribution in [0.1, 0.15) is 19.8 Å². The minimum absolute atomic E-state index is 0. The van der Waals surface area contributed by atoms with Gasteiger partial charge in [0.05, 0.1) is 0 Å². The van der Waals surface area contributed by atoms with E-state index in [1.807, 2.05) is 0 Å². The van der Waals surface area contributed by atoms with Gasteiger partial charge in [-0.05, 0) is 19.8 Å². The normalized spacial score (nSPS) is 31.9. The molecule has 1 saturated carbocycles. The molecule has 4 heteroatoms. The molecule has 0 aliphatic heterocycles. The third-order valence-electron chi connectivity index (χ3n) is 1.92. The summed E-state index contributed by atoms with van der Waals surface area (Å²) in [5, 5.41) is 2.87. The molecule has 1 aliphatic carbocycles. The van der Waals surface area contributed by atoms with Gasteiger partial charge in [0.2, 0.25) is 0 Å². The van der Waals surface area contributed by atoms with Crippen molar-refractivity contribution in [1.82, 2.24) is 5.32 Å². The maximum absolute atomic E-state index is 12.5. The number of alkyl halides is 2. The Bertz CT molecular complexity index is 113. The van der Waals surface area contributed by atoms with Gasteiger partial charge in [-0.2, -0.15) is 0 Å². The van der Waals surface area contributed by atoms with Crippen LogP contribution in [-0.2, 0) is 0 Å². The van der Waals surface area contributed by atoms with Crippen molar-refractivity contribution >= 4 is 12.4 Å². The molecule has 0 bridgehead atoms. The van der Waals surface area contributed by atoms with Crippen LogP contribution in [0.3, 0.4) is 0 Å². The quantitative estimate of drug-likeness (QED) is 0.708. The Morgan fingerprint density at radius 1 is 1.55 bits per heavy atom. The van der Waals surface area contributed by atoms with Gasteiger partial charge < -0.3 is 5.32 Å². The fourth-order valence-electron chi connectivity index (χ4n) is 1.06. The van der Waals surface area contributed by atoms with Crippen molar-refractivity contribution in [3.8, 4) is 0 Å². The zero-order valence-electron chi connectivity index (χ0n) is 6.52. The van der Waals surface area contributed by atoms with Gasteiger partial charge >= 0.3 is 0 Å². The molecule has 3 atom stereocenters. The van der Waals surface area contributed by atoms with Crippen LogP contribution in [0.25, 0.3) is 0 Å². The Morgan fingerprint density at radius 2 is 2.18 bits per heavy atom. The molecule has 0 radical (unpaired) electrons. The maximum atomic E-state index is 12.5. The number of nitrogens with one attached hydrogen (secondary N) is 1. The first kappa shape index (κ1) is 11.1. The van der Waals surface area contributed by atoms with Crippen LogP contribution in [0.2, 0.25) is 0 Å². The molecule has 3 unspecified atom stereocenters. The molecular weight excluding hydrogens is 172 g/mol. The Morgan fingerprint density at radius 3 is 2.45 bits per heavy atom. The van der Waals surface area contributed by atoms with Gasteiger partial charge in [0.15, 0.2) is 0 Å². The molecule has 1 nitrogen and oxygen atoms in total. The van der Waals surface area contributed by atoms with Crippen molar-refractivity contribution in [3.63, 3.8) is 0 Å².